The molecular weight excluding hydrogens is 273 g/mol. The van der Waals surface area contributed by atoms with Crippen LogP contribution in [0.2, 0.25) is 0 Å². The number of aliphatic hydroxyl groups excluding tert-OH is 1. The molecule has 0 saturated heterocycles. The number of carbonyl (C=O) groups is 1. The Balaban J connectivity index is 1.73. The molecule has 1 aromatic carbocycles. The number of nitrogens with one attached hydrogen (secondary N) is 1. The number of aliphatic hydroxyl groups is 1. The normalized spacial score (nSPS) is 21.8. The number of para-hydroxylation sites is 1. The van der Waals surface area contributed by atoms with Crippen LogP contribution in [0, 0.1) is 11.7 Å². The van der Waals surface area contributed by atoms with Crippen LogP contribution in [0.5, 0.6) is 5.75 Å². The molecule has 2 atom stereocenters. The summed E-state index contributed by atoms with van der Waals surface area (Å²) in [6.45, 7) is 0.250. The number of hydrogen-bond acceptors (Lipinski definition) is 3. The zero-order valence-electron chi connectivity index (χ0n) is 12.1. The van der Waals surface area contributed by atoms with E-state index in [9.17, 15) is 14.3 Å². The monoisotopic (exact) mass is 295 g/mol. The molecule has 2 rings (SSSR count). The molecule has 0 aromatic heterocycles. The minimum absolute atomic E-state index is 0.0460. The lowest BCUT2D eigenvalue weighted by atomic mass is 9.85. The minimum atomic E-state index is -0.425. The molecule has 0 heterocycles. The van der Waals surface area contributed by atoms with Gasteiger partial charge in [0.15, 0.2) is 11.6 Å². The smallest absolute Gasteiger partial charge is 0.223 e. The number of benzene rings is 1. The van der Waals surface area contributed by atoms with Crippen molar-refractivity contribution in [3.8, 4) is 5.75 Å². The van der Waals surface area contributed by atoms with Crippen LogP contribution in [0.15, 0.2) is 24.3 Å². The number of carbonyl (C=O) groups excluding carboxylic acids is 1. The quantitative estimate of drug-likeness (QED) is 0.846. The highest BCUT2D eigenvalue weighted by atomic mass is 19.1. The first-order chi connectivity index (χ1) is 10.2. The number of hydrogen-bond donors (Lipinski definition) is 2. The van der Waals surface area contributed by atoms with Crippen LogP contribution in [0.1, 0.15) is 32.1 Å². The first kappa shape index (κ1) is 15.8. The molecule has 4 nitrogen and oxygen atoms in total. The van der Waals surface area contributed by atoms with Gasteiger partial charge in [0.05, 0.1) is 13.0 Å². The summed E-state index contributed by atoms with van der Waals surface area (Å²) in [4.78, 5) is 11.9. The minimum Gasteiger partial charge on any atom is -0.490 e. The van der Waals surface area contributed by atoms with Crippen molar-refractivity contribution >= 4 is 5.91 Å². The second kappa shape index (κ2) is 7.98. The van der Waals surface area contributed by atoms with Gasteiger partial charge in [-0.2, -0.15) is 0 Å². The van der Waals surface area contributed by atoms with Gasteiger partial charge in [0, 0.05) is 18.6 Å². The predicted molar refractivity (Wildman–Crippen MR) is 77.5 cm³/mol. The maximum absolute atomic E-state index is 13.3. The first-order valence-corrected chi connectivity index (χ1v) is 7.48. The molecule has 1 saturated carbocycles. The molecule has 0 radical (unpaired) electrons. The molecule has 0 aliphatic heterocycles. The SMILES string of the molecule is O=C(CCOc1ccccc1F)NC1CCCCC1CO. The maximum Gasteiger partial charge on any atom is 0.223 e. The topological polar surface area (TPSA) is 58.6 Å². The number of halogens is 1. The average molecular weight is 295 g/mol. The molecule has 2 unspecified atom stereocenters. The van der Waals surface area contributed by atoms with E-state index in [4.69, 9.17) is 4.74 Å². The Morgan fingerprint density at radius 1 is 1.33 bits per heavy atom. The number of amides is 1. The molecule has 1 fully saturated rings. The van der Waals surface area contributed by atoms with Crippen molar-refractivity contribution in [2.24, 2.45) is 5.92 Å². The standard InChI is InChI=1S/C16H22FNO3/c17-13-6-2-4-8-15(13)21-10-9-16(20)18-14-7-3-1-5-12(14)11-19/h2,4,6,8,12,14,19H,1,3,5,7,9-11H2,(H,18,20). The summed E-state index contributed by atoms with van der Waals surface area (Å²) in [7, 11) is 0. The van der Waals surface area contributed by atoms with Crippen LogP contribution < -0.4 is 10.1 Å². The van der Waals surface area contributed by atoms with Gasteiger partial charge in [-0.3, -0.25) is 4.79 Å². The Labute approximate surface area is 124 Å². The van der Waals surface area contributed by atoms with Crippen molar-refractivity contribution in [1.82, 2.24) is 5.32 Å². The molecule has 2 N–H and O–H groups in total. The van der Waals surface area contributed by atoms with E-state index >= 15 is 0 Å². The highest BCUT2D eigenvalue weighted by molar-refractivity contribution is 5.76. The van der Waals surface area contributed by atoms with E-state index in [2.05, 4.69) is 5.32 Å². The van der Waals surface area contributed by atoms with Crippen molar-refractivity contribution in [2.75, 3.05) is 13.2 Å². The fraction of sp³-hybridized carbons (Fsp3) is 0.562. The van der Waals surface area contributed by atoms with E-state index < -0.39 is 5.82 Å². The third kappa shape index (κ3) is 4.70. The first-order valence-electron chi connectivity index (χ1n) is 7.48. The highest BCUT2D eigenvalue weighted by Gasteiger charge is 2.25. The summed E-state index contributed by atoms with van der Waals surface area (Å²) < 4.78 is 18.6. The van der Waals surface area contributed by atoms with E-state index in [1.165, 1.54) is 12.1 Å². The number of rotatable bonds is 6. The molecule has 1 aromatic rings. The van der Waals surface area contributed by atoms with E-state index in [-0.39, 0.29) is 43.3 Å². The average Bonchev–Trinajstić information content (AvgIpc) is 2.50. The van der Waals surface area contributed by atoms with Crippen LogP contribution in [0.4, 0.5) is 4.39 Å². The van der Waals surface area contributed by atoms with Crippen LogP contribution in [0.3, 0.4) is 0 Å². The Kier molecular flexibility index (Phi) is 5.99. The Morgan fingerprint density at radius 3 is 2.86 bits per heavy atom. The predicted octanol–water partition coefficient (Wildman–Crippen LogP) is 2.26. The molecule has 1 aliphatic rings. The zero-order chi connectivity index (χ0) is 15.1. The third-order valence-electron chi connectivity index (χ3n) is 3.91. The van der Waals surface area contributed by atoms with Gasteiger partial charge in [0.25, 0.3) is 0 Å². The second-order valence-corrected chi connectivity index (χ2v) is 5.43. The van der Waals surface area contributed by atoms with Gasteiger partial charge in [0.2, 0.25) is 5.91 Å². The van der Waals surface area contributed by atoms with Crippen LogP contribution in [0.25, 0.3) is 0 Å². The van der Waals surface area contributed by atoms with Gasteiger partial charge in [-0.25, -0.2) is 4.39 Å². The maximum atomic E-state index is 13.3. The van der Waals surface area contributed by atoms with Gasteiger partial charge in [-0.05, 0) is 25.0 Å². The summed E-state index contributed by atoms with van der Waals surface area (Å²) in [5.41, 5.74) is 0. The molecule has 21 heavy (non-hydrogen) atoms. The number of ether oxygens (including phenoxy) is 1. The van der Waals surface area contributed by atoms with Gasteiger partial charge in [0.1, 0.15) is 0 Å². The van der Waals surface area contributed by atoms with E-state index in [1.807, 2.05) is 0 Å². The van der Waals surface area contributed by atoms with Crippen molar-refractivity contribution in [1.29, 1.82) is 0 Å². The van der Waals surface area contributed by atoms with Crippen molar-refractivity contribution in [3.63, 3.8) is 0 Å². The molecule has 0 bridgehead atoms. The summed E-state index contributed by atoms with van der Waals surface area (Å²) in [5.74, 6) is -0.228. The van der Waals surface area contributed by atoms with Crippen LogP contribution >= 0.6 is 0 Å². The molecule has 116 valence electrons. The fourth-order valence-electron chi connectivity index (χ4n) is 2.71. The molecule has 5 heteroatoms. The summed E-state index contributed by atoms with van der Waals surface area (Å²) in [6.07, 6.45) is 4.22. The summed E-state index contributed by atoms with van der Waals surface area (Å²) in [5, 5.41) is 12.3. The van der Waals surface area contributed by atoms with Gasteiger partial charge in [-0.15, -0.1) is 0 Å². The Morgan fingerprint density at radius 2 is 2.10 bits per heavy atom. The van der Waals surface area contributed by atoms with E-state index in [1.54, 1.807) is 12.1 Å². The molecule has 1 amide bonds. The Hall–Kier alpha value is -1.62. The van der Waals surface area contributed by atoms with E-state index in [0.29, 0.717) is 0 Å². The van der Waals surface area contributed by atoms with Crippen molar-refractivity contribution in [3.05, 3.63) is 30.1 Å². The van der Waals surface area contributed by atoms with E-state index in [0.717, 1.165) is 25.7 Å². The molecular formula is C16H22FNO3. The molecule has 1 aliphatic carbocycles. The van der Waals surface area contributed by atoms with Gasteiger partial charge < -0.3 is 15.2 Å². The zero-order valence-corrected chi connectivity index (χ0v) is 12.1. The summed E-state index contributed by atoms with van der Waals surface area (Å²) >= 11 is 0. The third-order valence-corrected chi connectivity index (χ3v) is 3.91. The van der Waals surface area contributed by atoms with Gasteiger partial charge in [-0.1, -0.05) is 25.0 Å². The van der Waals surface area contributed by atoms with Crippen LogP contribution in [-0.4, -0.2) is 30.3 Å². The highest BCUT2D eigenvalue weighted by Crippen LogP contribution is 2.24. The van der Waals surface area contributed by atoms with Crippen molar-refractivity contribution < 1.29 is 19.0 Å². The second-order valence-electron chi connectivity index (χ2n) is 5.43. The van der Waals surface area contributed by atoms with Crippen LogP contribution in [-0.2, 0) is 4.79 Å². The van der Waals surface area contributed by atoms with Crippen molar-refractivity contribution in [2.45, 2.75) is 38.1 Å². The lowest BCUT2D eigenvalue weighted by molar-refractivity contribution is -0.123. The fourth-order valence-corrected chi connectivity index (χ4v) is 2.71. The van der Waals surface area contributed by atoms with Gasteiger partial charge >= 0.3 is 0 Å². The lowest BCUT2D eigenvalue weighted by Crippen LogP contribution is -2.43. The largest absolute Gasteiger partial charge is 0.490 e. The lowest BCUT2D eigenvalue weighted by Gasteiger charge is -2.30. The molecule has 0 spiro atoms. The summed E-state index contributed by atoms with van der Waals surface area (Å²) in [6, 6.07) is 6.18. The Bertz CT molecular complexity index is 467.